The minimum atomic E-state index is 0.379. The van der Waals surface area contributed by atoms with Gasteiger partial charge < -0.3 is 0 Å². The Hall–Kier alpha value is 0.784. The smallest absolute Gasteiger partial charge is 0.0680 e. The van der Waals surface area contributed by atoms with Crippen LogP contribution in [0.5, 0.6) is 0 Å². The molecule has 0 aromatic rings. The molecule has 0 aliphatic heterocycles. The van der Waals surface area contributed by atoms with E-state index in [-0.39, 0.29) is 0 Å². The van der Waals surface area contributed by atoms with E-state index in [0.717, 1.165) is 11.2 Å². The molecule has 0 bridgehead atoms. The third kappa shape index (κ3) is 3.75. The zero-order valence-corrected chi connectivity index (χ0v) is 10.5. The summed E-state index contributed by atoms with van der Waals surface area (Å²) in [5.74, 6) is 0.890. The van der Waals surface area contributed by atoms with Gasteiger partial charge in [0.1, 0.15) is 0 Å². The number of hydrogen-bond acceptors (Lipinski definition) is 1. The lowest BCUT2D eigenvalue weighted by Crippen LogP contribution is -2.07. The molecule has 0 N–H and O–H groups in total. The van der Waals surface area contributed by atoms with Crippen LogP contribution in [-0.2, 0) is 0 Å². The maximum atomic E-state index is 2.35. The van der Waals surface area contributed by atoms with Crippen molar-refractivity contribution in [2.45, 2.75) is 26.0 Å². The maximum Gasteiger partial charge on any atom is 0.0680 e. The first-order valence-electron chi connectivity index (χ1n) is 3.30. The molecule has 1 atom stereocenters. The molecule has 1 unspecified atom stereocenters. The van der Waals surface area contributed by atoms with Gasteiger partial charge in [-0.05, 0) is 11.2 Å². The minimum absolute atomic E-state index is 0.379. The van der Waals surface area contributed by atoms with Crippen LogP contribution in [0.25, 0.3) is 0 Å². The first-order chi connectivity index (χ1) is 3.68. The lowest BCUT2D eigenvalue weighted by Gasteiger charge is -2.12. The van der Waals surface area contributed by atoms with Gasteiger partial charge in [-0.15, -0.1) is 0 Å². The Bertz CT molecular complexity index is 56.4. The molecule has 0 nitrogen and oxygen atoms in total. The summed E-state index contributed by atoms with van der Waals surface area (Å²) in [4.78, 5) is 0. The second kappa shape index (κ2) is 4.64. The molecular formula is C5H16SSi2. The molecule has 0 heterocycles. The van der Waals surface area contributed by atoms with Gasteiger partial charge in [0.25, 0.3) is 0 Å². The fourth-order valence-electron chi connectivity index (χ4n) is 0.455. The molecule has 3 heteroatoms. The third-order valence-corrected chi connectivity index (χ3v) is 8.35. The highest BCUT2D eigenvalue weighted by molar-refractivity contribution is 8.26. The van der Waals surface area contributed by atoms with Crippen molar-refractivity contribution < 1.29 is 0 Å². The summed E-state index contributed by atoms with van der Waals surface area (Å²) in [7, 11) is 1.86. The quantitative estimate of drug-likeness (QED) is 0.534. The van der Waals surface area contributed by atoms with Crippen molar-refractivity contribution >= 4 is 29.2 Å². The summed E-state index contributed by atoms with van der Waals surface area (Å²) in [6, 6.07) is 0. The van der Waals surface area contributed by atoms with Crippen molar-refractivity contribution in [3.63, 3.8) is 0 Å². The van der Waals surface area contributed by atoms with Crippen LogP contribution in [0, 0.1) is 5.92 Å². The van der Waals surface area contributed by atoms with Crippen molar-refractivity contribution in [1.82, 2.24) is 0 Å². The van der Waals surface area contributed by atoms with Crippen molar-refractivity contribution in [2.24, 2.45) is 5.92 Å². The van der Waals surface area contributed by atoms with E-state index in [4.69, 9.17) is 0 Å². The number of rotatable bonds is 3. The maximum absolute atomic E-state index is 2.35. The van der Waals surface area contributed by atoms with Crippen molar-refractivity contribution in [2.75, 3.05) is 0 Å². The van der Waals surface area contributed by atoms with Gasteiger partial charge in [0.2, 0.25) is 0 Å². The first kappa shape index (κ1) is 8.78. The molecule has 0 aromatic carbocycles. The van der Waals surface area contributed by atoms with Gasteiger partial charge >= 0.3 is 0 Å². The normalized spacial score (nSPS) is 16.5. The summed E-state index contributed by atoms with van der Waals surface area (Å²) < 4.78 is 0. The predicted molar refractivity (Wildman–Crippen MR) is 50.4 cm³/mol. The van der Waals surface area contributed by atoms with Crippen LogP contribution >= 0.6 is 11.2 Å². The van der Waals surface area contributed by atoms with Crippen LogP contribution in [-0.4, -0.2) is 23.2 Å². The highest BCUT2D eigenvalue weighted by Crippen LogP contribution is 2.15. The second-order valence-electron chi connectivity index (χ2n) is 2.40. The SMILES string of the molecule is CC(C)C(C)S[SiH2][SiH3]. The molecule has 0 fully saturated rings. The Morgan fingerprint density at radius 1 is 1.38 bits per heavy atom. The van der Waals surface area contributed by atoms with Gasteiger partial charge in [-0.3, -0.25) is 0 Å². The molecular weight excluding hydrogens is 148 g/mol. The van der Waals surface area contributed by atoms with Gasteiger partial charge in [-0.25, -0.2) is 0 Å². The fourth-order valence-corrected chi connectivity index (χ4v) is 8.83. The molecule has 8 heavy (non-hydrogen) atoms. The molecule has 0 spiro atoms. The van der Waals surface area contributed by atoms with Crippen LogP contribution in [0.4, 0.5) is 0 Å². The van der Waals surface area contributed by atoms with Crippen LogP contribution < -0.4 is 0 Å². The number of hydrogen-bond donors (Lipinski definition) is 0. The van der Waals surface area contributed by atoms with Crippen molar-refractivity contribution in [3.8, 4) is 0 Å². The van der Waals surface area contributed by atoms with E-state index in [9.17, 15) is 0 Å². The summed E-state index contributed by atoms with van der Waals surface area (Å²) in [5, 5.41) is 0.930. The van der Waals surface area contributed by atoms with E-state index >= 15 is 0 Å². The van der Waals surface area contributed by atoms with Crippen LogP contribution in [0.2, 0.25) is 0 Å². The standard InChI is InChI=1S/C5H16SSi2/c1-4(2)5(3)6-8-7/h4-5H,8H2,1-3,7H3. The lowest BCUT2D eigenvalue weighted by atomic mass is 10.2. The van der Waals surface area contributed by atoms with E-state index in [1.54, 1.807) is 0 Å². The highest BCUT2D eigenvalue weighted by atomic mass is 32.4. The molecule has 0 aromatic heterocycles. The van der Waals surface area contributed by atoms with E-state index in [0.29, 0.717) is 8.19 Å². The Morgan fingerprint density at radius 3 is 2.00 bits per heavy atom. The molecule has 0 amide bonds. The predicted octanol–water partition coefficient (Wildman–Crippen LogP) is 0.128. The Morgan fingerprint density at radius 2 is 1.88 bits per heavy atom. The van der Waals surface area contributed by atoms with Crippen molar-refractivity contribution in [3.05, 3.63) is 0 Å². The zero-order chi connectivity index (χ0) is 6.57. The van der Waals surface area contributed by atoms with Gasteiger partial charge in [0, 0.05) is 9.76 Å². The summed E-state index contributed by atoms with van der Waals surface area (Å²) >= 11 is 2.24. The van der Waals surface area contributed by atoms with E-state index in [1.807, 2.05) is 0 Å². The monoisotopic (exact) mass is 164 g/mol. The Balaban J connectivity index is 3.17. The Kier molecular flexibility index (Phi) is 5.10. The van der Waals surface area contributed by atoms with Crippen LogP contribution in [0.3, 0.4) is 0 Å². The average Bonchev–Trinajstić information content (AvgIpc) is 1.67. The summed E-state index contributed by atoms with van der Waals surface area (Å²) in [6.07, 6.45) is 0. The average molecular weight is 164 g/mol. The van der Waals surface area contributed by atoms with Gasteiger partial charge in [0.05, 0.1) is 8.19 Å². The fraction of sp³-hybridized carbons (Fsp3) is 1.00. The third-order valence-electron chi connectivity index (χ3n) is 1.37. The Labute approximate surface area is 61.5 Å². The first-order valence-corrected chi connectivity index (χ1v) is 11.7. The largest absolute Gasteiger partial charge is 0.194 e. The second-order valence-corrected chi connectivity index (χ2v) is 12.0. The highest BCUT2D eigenvalue weighted by Gasteiger charge is 2.03. The summed E-state index contributed by atoms with van der Waals surface area (Å²) in [6.45, 7) is 6.97. The molecule has 0 radical (unpaired) electrons. The van der Waals surface area contributed by atoms with Gasteiger partial charge in [0.15, 0.2) is 0 Å². The van der Waals surface area contributed by atoms with Crippen LogP contribution in [0.15, 0.2) is 0 Å². The van der Waals surface area contributed by atoms with E-state index in [1.165, 1.54) is 9.76 Å². The van der Waals surface area contributed by atoms with E-state index < -0.39 is 0 Å². The van der Waals surface area contributed by atoms with E-state index in [2.05, 4.69) is 32.0 Å². The van der Waals surface area contributed by atoms with Crippen LogP contribution in [0.1, 0.15) is 20.8 Å². The zero-order valence-electron chi connectivity index (χ0n) is 6.27. The molecule has 0 aliphatic rings. The van der Waals surface area contributed by atoms with Crippen molar-refractivity contribution in [1.29, 1.82) is 0 Å². The van der Waals surface area contributed by atoms with Gasteiger partial charge in [-0.1, -0.05) is 20.8 Å². The molecule has 50 valence electrons. The topological polar surface area (TPSA) is 0 Å². The minimum Gasteiger partial charge on any atom is -0.194 e. The molecule has 0 saturated carbocycles. The molecule has 0 saturated heterocycles. The summed E-state index contributed by atoms with van der Waals surface area (Å²) in [5.41, 5.74) is 0. The molecule has 0 rings (SSSR count). The lowest BCUT2D eigenvalue weighted by molar-refractivity contribution is 0.645. The molecule has 0 aliphatic carbocycles. The van der Waals surface area contributed by atoms with Gasteiger partial charge in [-0.2, -0.15) is 11.2 Å².